The van der Waals surface area contributed by atoms with Gasteiger partial charge >= 0.3 is 0 Å². The first-order valence-electron chi connectivity index (χ1n) is 6.08. The molecule has 0 fully saturated rings. The van der Waals surface area contributed by atoms with E-state index in [2.05, 4.69) is 26.0 Å². The monoisotopic (exact) mass is 221 g/mol. The van der Waals surface area contributed by atoms with Gasteiger partial charge in [-0.1, -0.05) is 26.0 Å². The SMILES string of the molecule is CC(N)CCCOc1ccc(C(C)C)cc1. The van der Waals surface area contributed by atoms with Gasteiger partial charge in [0.1, 0.15) is 5.75 Å². The third kappa shape index (κ3) is 4.67. The molecule has 1 aromatic carbocycles. The minimum atomic E-state index is 0.270. The molecule has 0 saturated heterocycles. The fourth-order valence-electron chi connectivity index (χ4n) is 1.54. The average molecular weight is 221 g/mol. The Balaban J connectivity index is 2.32. The van der Waals surface area contributed by atoms with Crippen molar-refractivity contribution in [2.24, 2.45) is 5.73 Å². The molecule has 1 atom stereocenters. The lowest BCUT2D eigenvalue weighted by atomic mass is 10.0. The Bertz CT molecular complexity index is 290. The minimum Gasteiger partial charge on any atom is -0.494 e. The van der Waals surface area contributed by atoms with Gasteiger partial charge in [-0.25, -0.2) is 0 Å². The first kappa shape index (κ1) is 13.0. The fourth-order valence-corrected chi connectivity index (χ4v) is 1.54. The van der Waals surface area contributed by atoms with Gasteiger partial charge in [0.25, 0.3) is 0 Å². The van der Waals surface area contributed by atoms with Gasteiger partial charge in [-0.05, 0) is 43.4 Å². The zero-order valence-corrected chi connectivity index (χ0v) is 10.6. The van der Waals surface area contributed by atoms with Crippen LogP contribution in [0, 0.1) is 0 Å². The summed E-state index contributed by atoms with van der Waals surface area (Å²) in [6.45, 7) is 7.16. The molecule has 16 heavy (non-hydrogen) atoms. The van der Waals surface area contributed by atoms with E-state index in [4.69, 9.17) is 10.5 Å². The van der Waals surface area contributed by atoms with Gasteiger partial charge in [-0.2, -0.15) is 0 Å². The largest absolute Gasteiger partial charge is 0.494 e. The number of rotatable bonds is 6. The predicted molar refractivity (Wildman–Crippen MR) is 68.9 cm³/mol. The summed E-state index contributed by atoms with van der Waals surface area (Å²) in [5, 5.41) is 0. The first-order valence-corrected chi connectivity index (χ1v) is 6.08. The lowest BCUT2D eigenvalue weighted by molar-refractivity contribution is 0.302. The summed E-state index contributed by atoms with van der Waals surface area (Å²) in [5.41, 5.74) is 7.02. The van der Waals surface area contributed by atoms with Crippen LogP contribution < -0.4 is 10.5 Å². The van der Waals surface area contributed by atoms with E-state index in [0.29, 0.717) is 5.92 Å². The number of hydrogen-bond acceptors (Lipinski definition) is 2. The molecule has 0 radical (unpaired) electrons. The Labute approximate surface area is 98.8 Å². The maximum Gasteiger partial charge on any atom is 0.119 e. The molecule has 0 bridgehead atoms. The maximum atomic E-state index is 5.67. The molecule has 1 unspecified atom stereocenters. The van der Waals surface area contributed by atoms with Crippen molar-refractivity contribution >= 4 is 0 Å². The van der Waals surface area contributed by atoms with Crippen LogP contribution in [0.4, 0.5) is 0 Å². The van der Waals surface area contributed by atoms with Gasteiger partial charge < -0.3 is 10.5 Å². The summed E-state index contributed by atoms with van der Waals surface area (Å²) >= 11 is 0. The van der Waals surface area contributed by atoms with Crippen LogP contribution in [0.5, 0.6) is 5.75 Å². The molecule has 1 aromatic rings. The first-order chi connectivity index (χ1) is 7.59. The van der Waals surface area contributed by atoms with Crippen LogP contribution in [0.25, 0.3) is 0 Å². The highest BCUT2D eigenvalue weighted by atomic mass is 16.5. The molecule has 0 aliphatic heterocycles. The van der Waals surface area contributed by atoms with Crippen molar-refractivity contribution in [3.05, 3.63) is 29.8 Å². The zero-order valence-electron chi connectivity index (χ0n) is 10.6. The smallest absolute Gasteiger partial charge is 0.119 e. The summed E-state index contributed by atoms with van der Waals surface area (Å²) in [6, 6.07) is 8.62. The summed E-state index contributed by atoms with van der Waals surface area (Å²) in [5.74, 6) is 1.53. The molecule has 0 spiro atoms. The summed E-state index contributed by atoms with van der Waals surface area (Å²) in [6.07, 6.45) is 2.04. The van der Waals surface area contributed by atoms with E-state index < -0.39 is 0 Å². The Morgan fingerprint density at radius 1 is 1.12 bits per heavy atom. The summed E-state index contributed by atoms with van der Waals surface area (Å²) in [7, 11) is 0. The normalized spacial score (nSPS) is 12.8. The molecule has 0 amide bonds. The van der Waals surface area contributed by atoms with Gasteiger partial charge in [0.15, 0.2) is 0 Å². The number of hydrogen-bond donors (Lipinski definition) is 1. The summed E-state index contributed by atoms with van der Waals surface area (Å²) in [4.78, 5) is 0. The van der Waals surface area contributed by atoms with Crippen molar-refractivity contribution < 1.29 is 4.74 Å². The Hall–Kier alpha value is -1.02. The van der Waals surface area contributed by atoms with Crippen LogP contribution in [0.3, 0.4) is 0 Å². The van der Waals surface area contributed by atoms with E-state index in [1.165, 1.54) is 5.56 Å². The molecule has 2 nitrogen and oxygen atoms in total. The van der Waals surface area contributed by atoms with Crippen molar-refractivity contribution in [3.8, 4) is 5.75 Å². The molecular weight excluding hydrogens is 198 g/mol. The van der Waals surface area contributed by atoms with Gasteiger partial charge in [0, 0.05) is 6.04 Å². The van der Waals surface area contributed by atoms with Crippen LogP contribution >= 0.6 is 0 Å². The van der Waals surface area contributed by atoms with Crippen molar-refractivity contribution in [3.63, 3.8) is 0 Å². The highest BCUT2D eigenvalue weighted by Gasteiger charge is 1.99. The van der Waals surface area contributed by atoms with E-state index in [1.54, 1.807) is 0 Å². The van der Waals surface area contributed by atoms with Gasteiger partial charge in [0.2, 0.25) is 0 Å². The van der Waals surface area contributed by atoms with Crippen LogP contribution in [-0.4, -0.2) is 12.6 Å². The van der Waals surface area contributed by atoms with Gasteiger partial charge in [0.05, 0.1) is 6.61 Å². The third-order valence-electron chi connectivity index (χ3n) is 2.62. The Morgan fingerprint density at radius 3 is 2.25 bits per heavy atom. The highest BCUT2D eigenvalue weighted by molar-refractivity contribution is 5.28. The van der Waals surface area contributed by atoms with E-state index in [0.717, 1.165) is 25.2 Å². The molecule has 0 heterocycles. The standard InChI is InChI=1S/C14H23NO/c1-11(2)13-6-8-14(9-7-13)16-10-4-5-12(3)15/h6-9,11-12H,4-5,10,15H2,1-3H3. The molecule has 0 aromatic heterocycles. The van der Waals surface area contributed by atoms with E-state index in [-0.39, 0.29) is 6.04 Å². The lowest BCUT2D eigenvalue weighted by Crippen LogP contribution is -2.15. The van der Waals surface area contributed by atoms with E-state index in [1.807, 2.05) is 19.1 Å². The second kappa shape index (κ2) is 6.54. The minimum absolute atomic E-state index is 0.270. The lowest BCUT2D eigenvalue weighted by Gasteiger charge is -2.09. The van der Waals surface area contributed by atoms with Gasteiger partial charge in [-0.15, -0.1) is 0 Å². The van der Waals surface area contributed by atoms with Crippen LogP contribution in [0.2, 0.25) is 0 Å². The van der Waals surface area contributed by atoms with Gasteiger partial charge in [-0.3, -0.25) is 0 Å². The molecule has 0 aliphatic carbocycles. The molecule has 2 N–H and O–H groups in total. The van der Waals surface area contributed by atoms with E-state index >= 15 is 0 Å². The third-order valence-corrected chi connectivity index (χ3v) is 2.62. The van der Waals surface area contributed by atoms with E-state index in [9.17, 15) is 0 Å². The van der Waals surface area contributed by atoms with Crippen molar-refractivity contribution in [1.82, 2.24) is 0 Å². The fraction of sp³-hybridized carbons (Fsp3) is 0.571. The van der Waals surface area contributed by atoms with Crippen molar-refractivity contribution in [2.45, 2.75) is 45.6 Å². The summed E-state index contributed by atoms with van der Waals surface area (Å²) < 4.78 is 5.64. The maximum absolute atomic E-state index is 5.67. The van der Waals surface area contributed by atoms with Crippen molar-refractivity contribution in [1.29, 1.82) is 0 Å². The molecule has 0 aliphatic rings. The highest BCUT2D eigenvalue weighted by Crippen LogP contribution is 2.18. The Morgan fingerprint density at radius 2 is 1.75 bits per heavy atom. The molecule has 0 saturated carbocycles. The Kier molecular flexibility index (Phi) is 5.33. The molecular formula is C14H23NO. The number of benzene rings is 1. The molecule has 90 valence electrons. The van der Waals surface area contributed by atoms with Crippen LogP contribution in [-0.2, 0) is 0 Å². The van der Waals surface area contributed by atoms with Crippen LogP contribution in [0.15, 0.2) is 24.3 Å². The average Bonchev–Trinajstić information content (AvgIpc) is 2.25. The van der Waals surface area contributed by atoms with Crippen molar-refractivity contribution in [2.75, 3.05) is 6.61 Å². The van der Waals surface area contributed by atoms with Crippen LogP contribution in [0.1, 0.15) is 45.1 Å². The zero-order chi connectivity index (χ0) is 12.0. The topological polar surface area (TPSA) is 35.2 Å². The number of nitrogens with two attached hydrogens (primary N) is 1. The number of ether oxygens (including phenoxy) is 1. The molecule has 1 rings (SSSR count). The molecule has 2 heteroatoms. The second-order valence-electron chi connectivity index (χ2n) is 4.69. The predicted octanol–water partition coefficient (Wildman–Crippen LogP) is 3.32. The second-order valence-corrected chi connectivity index (χ2v) is 4.69. The quantitative estimate of drug-likeness (QED) is 0.748.